The summed E-state index contributed by atoms with van der Waals surface area (Å²) in [5.41, 5.74) is 6.37. The van der Waals surface area contributed by atoms with E-state index in [1.165, 1.54) is 74.5 Å². The molecule has 0 aromatic rings. The molecule has 0 nitrogen and oxygen atoms in total. The Morgan fingerprint density at radius 3 is 2.50 bits per heavy atom. The van der Waals surface area contributed by atoms with Gasteiger partial charge < -0.3 is 0 Å². The number of hydrogen-bond acceptors (Lipinski definition) is 0. The van der Waals surface area contributed by atoms with Gasteiger partial charge in [-0.15, -0.1) is 0 Å². The van der Waals surface area contributed by atoms with Gasteiger partial charge in [0.05, 0.1) is 0 Å². The highest BCUT2D eigenvalue weighted by atomic mass is 14.5. The molecule has 0 bridgehead atoms. The Hall–Kier alpha value is -1.30. The molecule has 0 aliphatic heterocycles. The van der Waals surface area contributed by atoms with Crippen molar-refractivity contribution in [3.05, 3.63) is 59.8 Å². The van der Waals surface area contributed by atoms with Gasteiger partial charge in [0.25, 0.3) is 0 Å². The largest absolute Gasteiger partial charge is 0.0996 e. The normalized spacial score (nSPS) is 36.1. The van der Waals surface area contributed by atoms with Crippen molar-refractivity contribution < 1.29 is 0 Å². The maximum Gasteiger partial charge on any atom is -0.00570 e. The fraction of sp³-hybridized carbons (Fsp3) is 0.643. The fourth-order valence-electron chi connectivity index (χ4n) is 6.18. The first-order valence-corrected chi connectivity index (χ1v) is 11.7. The quantitative estimate of drug-likeness (QED) is 0.420. The van der Waals surface area contributed by atoms with Crippen LogP contribution < -0.4 is 0 Å². The van der Waals surface area contributed by atoms with E-state index in [-0.39, 0.29) is 0 Å². The summed E-state index contributed by atoms with van der Waals surface area (Å²) < 4.78 is 0. The van der Waals surface area contributed by atoms with Gasteiger partial charge in [0.15, 0.2) is 0 Å². The third kappa shape index (κ3) is 4.47. The standard InChI is InChI=1S/C28H42/c1-20(2)21(3)13-14-23(5)26-17-18-27-25(12-9-19-28(26,27)6)16-15-24-11-8-7-10-22(24)4/h13-16,21,23,26-27H,1,4,7-12,17-19H2,2-3,5-6H3/b14-13+,24-15-,25-16+/t21-,23+,26?,27-,28+/m0/s1. The molecule has 0 heterocycles. The van der Waals surface area contributed by atoms with E-state index in [1.54, 1.807) is 5.57 Å². The maximum atomic E-state index is 4.31. The molecule has 3 rings (SSSR count). The molecule has 154 valence electrons. The molecular formula is C28H42. The van der Waals surface area contributed by atoms with Crippen molar-refractivity contribution in [1.29, 1.82) is 0 Å². The minimum absolute atomic E-state index is 0.475. The van der Waals surface area contributed by atoms with Crippen molar-refractivity contribution in [2.45, 2.75) is 85.5 Å². The molecule has 0 saturated heterocycles. The maximum absolute atomic E-state index is 4.31. The van der Waals surface area contributed by atoms with Gasteiger partial charge in [-0.2, -0.15) is 0 Å². The molecule has 0 aromatic heterocycles. The molecule has 3 fully saturated rings. The van der Waals surface area contributed by atoms with Gasteiger partial charge in [-0.25, -0.2) is 0 Å². The summed E-state index contributed by atoms with van der Waals surface area (Å²) in [7, 11) is 0. The van der Waals surface area contributed by atoms with Crippen LogP contribution in [0.1, 0.15) is 85.5 Å². The lowest BCUT2D eigenvalue weighted by molar-refractivity contribution is 0.112. The second kappa shape index (κ2) is 9.02. The highest BCUT2D eigenvalue weighted by molar-refractivity contribution is 5.35. The van der Waals surface area contributed by atoms with Gasteiger partial charge in [0, 0.05) is 0 Å². The van der Waals surface area contributed by atoms with Crippen LogP contribution in [0.3, 0.4) is 0 Å². The van der Waals surface area contributed by atoms with Crippen LogP contribution in [0.4, 0.5) is 0 Å². The summed E-state index contributed by atoms with van der Waals surface area (Å²) in [4.78, 5) is 0. The molecule has 0 radical (unpaired) electrons. The molecule has 28 heavy (non-hydrogen) atoms. The average Bonchev–Trinajstić information content (AvgIpc) is 3.02. The Kier molecular flexibility index (Phi) is 6.89. The number of hydrogen-bond donors (Lipinski definition) is 0. The van der Waals surface area contributed by atoms with E-state index in [4.69, 9.17) is 0 Å². The van der Waals surface area contributed by atoms with Crippen LogP contribution in [-0.2, 0) is 0 Å². The summed E-state index contributed by atoms with van der Waals surface area (Å²) in [5, 5.41) is 0. The summed E-state index contributed by atoms with van der Waals surface area (Å²) in [6.45, 7) is 17.9. The second-order valence-electron chi connectivity index (χ2n) is 10.2. The van der Waals surface area contributed by atoms with Crippen LogP contribution >= 0.6 is 0 Å². The minimum atomic E-state index is 0.475. The van der Waals surface area contributed by atoms with E-state index >= 15 is 0 Å². The molecule has 1 unspecified atom stereocenters. The van der Waals surface area contributed by atoms with Crippen LogP contribution in [0.15, 0.2) is 59.8 Å². The molecule has 3 aliphatic carbocycles. The lowest BCUT2D eigenvalue weighted by Gasteiger charge is -2.44. The lowest BCUT2D eigenvalue weighted by atomic mass is 9.61. The van der Waals surface area contributed by atoms with E-state index in [0.717, 1.165) is 11.8 Å². The Morgan fingerprint density at radius 1 is 1.04 bits per heavy atom. The van der Waals surface area contributed by atoms with Gasteiger partial charge >= 0.3 is 0 Å². The second-order valence-corrected chi connectivity index (χ2v) is 10.2. The van der Waals surface area contributed by atoms with E-state index < -0.39 is 0 Å². The van der Waals surface area contributed by atoms with E-state index in [2.05, 4.69) is 65.2 Å². The van der Waals surface area contributed by atoms with Crippen molar-refractivity contribution in [1.82, 2.24) is 0 Å². The Balaban J connectivity index is 1.75. The van der Waals surface area contributed by atoms with Crippen LogP contribution in [-0.4, -0.2) is 0 Å². The van der Waals surface area contributed by atoms with Crippen LogP contribution in [0.5, 0.6) is 0 Å². The van der Waals surface area contributed by atoms with Crippen molar-refractivity contribution in [2.75, 3.05) is 0 Å². The van der Waals surface area contributed by atoms with Gasteiger partial charge in [-0.1, -0.05) is 75.0 Å². The molecule has 0 spiro atoms. The first-order valence-electron chi connectivity index (χ1n) is 11.7. The molecule has 0 N–H and O–H groups in total. The lowest BCUT2D eigenvalue weighted by Crippen LogP contribution is -2.35. The van der Waals surface area contributed by atoms with Gasteiger partial charge in [0.1, 0.15) is 0 Å². The highest BCUT2D eigenvalue weighted by Gasteiger charge is 2.50. The number of allylic oxidation sites excluding steroid dienone is 8. The van der Waals surface area contributed by atoms with Gasteiger partial charge in [-0.3, -0.25) is 0 Å². The summed E-state index contributed by atoms with van der Waals surface area (Å²) in [6, 6.07) is 0. The zero-order valence-electron chi connectivity index (χ0n) is 18.9. The smallest absolute Gasteiger partial charge is 0.00570 e. The highest BCUT2D eigenvalue weighted by Crippen LogP contribution is 2.59. The topological polar surface area (TPSA) is 0 Å². The van der Waals surface area contributed by atoms with Crippen LogP contribution in [0.25, 0.3) is 0 Å². The van der Waals surface area contributed by atoms with E-state index in [1.807, 2.05) is 0 Å². The predicted octanol–water partition coefficient (Wildman–Crippen LogP) is 8.59. The van der Waals surface area contributed by atoms with Crippen molar-refractivity contribution >= 4 is 0 Å². The average molecular weight is 379 g/mol. The predicted molar refractivity (Wildman–Crippen MR) is 124 cm³/mol. The fourth-order valence-corrected chi connectivity index (χ4v) is 6.18. The van der Waals surface area contributed by atoms with E-state index in [0.29, 0.717) is 17.3 Å². The number of fused-ring (bicyclic) bond motifs is 1. The number of rotatable bonds is 5. The first kappa shape index (κ1) is 21.4. The van der Waals surface area contributed by atoms with Crippen molar-refractivity contribution in [2.24, 2.45) is 29.1 Å². The molecule has 5 atom stereocenters. The molecule has 3 saturated carbocycles. The van der Waals surface area contributed by atoms with Crippen LogP contribution in [0, 0.1) is 29.1 Å². The van der Waals surface area contributed by atoms with Crippen LogP contribution in [0.2, 0.25) is 0 Å². The molecule has 0 aromatic carbocycles. The van der Waals surface area contributed by atoms with E-state index in [9.17, 15) is 0 Å². The Morgan fingerprint density at radius 2 is 1.79 bits per heavy atom. The monoisotopic (exact) mass is 378 g/mol. The molecule has 0 amide bonds. The Bertz CT molecular complexity index is 685. The summed E-state index contributed by atoms with van der Waals surface area (Å²) >= 11 is 0. The minimum Gasteiger partial charge on any atom is -0.0996 e. The molecule has 3 aliphatic rings. The zero-order chi connectivity index (χ0) is 20.3. The van der Waals surface area contributed by atoms with Gasteiger partial charge in [0.2, 0.25) is 0 Å². The van der Waals surface area contributed by atoms with Crippen molar-refractivity contribution in [3.63, 3.8) is 0 Å². The first-order chi connectivity index (χ1) is 13.3. The third-order valence-corrected chi connectivity index (χ3v) is 8.28. The summed E-state index contributed by atoms with van der Waals surface area (Å²) in [6.07, 6.45) is 21.8. The Labute approximate surface area is 174 Å². The zero-order valence-corrected chi connectivity index (χ0v) is 18.9. The van der Waals surface area contributed by atoms with Gasteiger partial charge in [-0.05, 0) is 99.4 Å². The molecule has 0 heteroatoms. The SMILES string of the molecule is C=C1CCCC/C1=C/C=C1\CCC[C@]2(C)C([C@H](C)/C=C/[C@H](C)C(=C)C)CC[C@@H]12. The third-order valence-electron chi connectivity index (χ3n) is 8.28. The summed E-state index contributed by atoms with van der Waals surface area (Å²) in [5.74, 6) is 2.75. The molecular weight excluding hydrogens is 336 g/mol. The van der Waals surface area contributed by atoms with Crippen molar-refractivity contribution in [3.8, 4) is 0 Å².